The molecule has 90 valence electrons. The van der Waals surface area contributed by atoms with Gasteiger partial charge in [-0.1, -0.05) is 0 Å². The number of thioether (sulfide) groups is 1. The summed E-state index contributed by atoms with van der Waals surface area (Å²) < 4.78 is 25.0. The Morgan fingerprint density at radius 2 is 2.19 bits per heavy atom. The first-order valence-corrected chi connectivity index (χ1v) is 7.60. The Morgan fingerprint density at radius 3 is 2.69 bits per heavy atom. The van der Waals surface area contributed by atoms with Gasteiger partial charge in [0.25, 0.3) is 0 Å². The zero-order valence-corrected chi connectivity index (χ0v) is 10.9. The van der Waals surface area contributed by atoms with Crippen LogP contribution in [0.25, 0.3) is 0 Å². The first-order valence-electron chi connectivity index (χ1n) is 4.72. The molecule has 0 aliphatic carbocycles. The van der Waals surface area contributed by atoms with Gasteiger partial charge in [0, 0.05) is 18.5 Å². The second kappa shape index (κ2) is 6.07. The summed E-state index contributed by atoms with van der Waals surface area (Å²) in [5.74, 6) is 1.67. The Kier molecular flexibility index (Phi) is 5.04. The number of aromatic nitrogens is 1. The average Bonchev–Trinajstić information content (AvgIpc) is 2.30. The van der Waals surface area contributed by atoms with Crippen molar-refractivity contribution >= 4 is 27.6 Å². The van der Waals surface area contributed by atoms with Crippen LogP contribution < -0.4 is 10.0 Å². The molecule has 7 heteroatoms. The van der Waals surface area contributed by atoms with Crippen LogP contribution in [0.3, 0.4) is 0 Å². The van der Waals surface area contributed by atoms with E-state index < -0.39 is 10.0 Å². The first-order chi connectivity index (χ1) is 7.60. The lowest BCUT2D eigenvalue weighted by Gasteiger charge is -2.05. The first kappa shape index (κ1) is 13.3. The molecule has 16 heavy (non-hydrogen) atoms. The van der Waals surface area contributed by atoms with Crippen molar-refractivity contribution < 1.29 is 8.42 Å². The fourth-order valence-electron chi connectivity index (χ4n) is 1.04. The van der Waals surface area contributed by atoms with Gasteiger partial charge in [-0.3, -0.25) is 0 Å². The quantitative estimate of drug-likeness (QED) is 0.740. The SMILES string of the molecule is CNS(=O)(=O)c1ccc(NCCSC)nc1. The number of nitrogens with one attached hydrogen (secondary N) is 2. The maximum atomic E-state index is 11.4. The second-order valence-corrected chi connectivity index (χ2v) is 5.88. The molecule has 1 aromatic rings. The maximum Gasteiger partial charge on any atom is 0.241 e. The molecule has 0 bridgehead atoms. The van der Waals surface area contributed by atoms with Crippen LogP contribution >= 0.6 is 11.8 Å². The lowest BCUT2D eigenvalue weighted by molar-refractivity contribution is 0.588. The van der Waals surface area contributed by atoms with E-state index in [0.717, 1.165) is 12.3 Å². The number of hydrogen-bond donors (Lipinski definition) is 2. The molecule has 0 saturated heterocycles. The van der Waals surface area contributed by atoms with Crippen LogP contribution in [0.15, 0.2) is 23.2 Å². The molecule has 0 fully saturated rings. The largest absolute Gasteiger partial charge is 0.369 e. The Labute approximate surface area is 100 Å². The number of rotatable bonds is 6. The normalized spacial score (nSPS) is 11.4. The summed E-state index contributed by atoms with van der Waals surface area (Å²) in [6.07, 6.45) is 3.37. The van der Waals surface area contributed by atoms with Crippen LogP contribution in [0.5, 0.6) is 0 Å². The second-order valence-electron chi connectivity index (χ2n) is 3.01. The summed E-state index contributed by atoms with van der Waals surface area (Å²) in [6, 6.07) is 3.19. The van der Waals surface area contributed by atoms with Gasteiger partial charge in [-0.25, -0.2) is 18.1 Å². The van der Waals surface area contributed by atoms with E-state index in [1.54, 1.807) is 17.8 Å². The molecule has 1 rings (SSSR count). The van der Waals surface area contributed by atoms with Crippen LogP contribution in [0.4, 0.5) is 5.82 Å². The van der Waals surface area contributed by atoms with E-state index in [2.05, 4.69) is 15.0 Å². The molecule has 0 aliphatic rings. The van der Waals surface area contributed by atoms with Crippen molar-refractivity contribution in [1.29, 1.82) is 0 Å². The van der Waals surface area contributed by atoms with Gasteiger partial charge in [0.15, 0.2) is 0 Å². The lowest BCUT2D eigenvalue weighted by atomic mass is 10.4. The third kappa shape index (κ3) is 3.66. The zero-order valence-electron chi connectivity index (χ0n) is 9.23. The Bertz CT molecular complexity index is 417. The van der Waals surface area contributed by atoms with Gasteiger partial charge < -0.3 is 5.32 Å². The van der Waals surface area contributed by atoms with Crippen LogP contribution in [0.1, 0.15) is 0 Å². The topological polar surface area (TPSA) is 71.1 Å². The average molecular weight is 261 g/mol. The highest BCUT2D eigenvalue weighted by atomic mass is 32.2. The summed E-state index contributed by atoms with van der Waals surface area (Å²) in [5, 5.41) is 3.10. The molecule has 0 atom stereocenters. The highest BCUT2D eigenvalue weighted by Gasteiger charge is 2.10. The fourth-order valence-corrected chi connectivity index (χ4v) is 2.02. The van der Waals surface area contributed by atoms with Gasteiger partial charge in [0.2, 0.25) is 10.0 Å². The molecule has 0 aromatic carbocycles. The van der Waals surface area contributed by atoms with Crippen LogP contribution in [-0.4, -0.2) is 39.0 Å². The lowest BCUT2D eigenvalue weighted by Crippen LogP contribution is -2.18. The maximum absolute atomic E-state index is 11.4. The van der Waals surface area contributed by atoms with Crippen LogP contribution in [-0.2, 0) is 10.0 Å². The van der Waals surface area contributed by atoms with E-state index >= 15 is 0 Å². The van der Waals surface area contributed by atoms with Gasteiger partial charge in [-0.2, -0.15) is 11.8 Å². The highest BCUT2D eigenvalue weighted by Crippen LogP contribution is 2.09. The fraction of sp³-hybridized carbons (Fsp3) is 0.444. The Hall–Kier alpha value is -0.790. The summed E-state index contributed by atoms with van der Waals surface area (Å²) in [4.78, 5) is 4.20. The third-order valence-electron chi connectivity index (χ3n) is 1.93. The Morgan fingerprint density at radius 1 is 1.44 bits per heavy atom. The van der Waals surface area contributed by atoms with Gasteiger partial charge in [-0.05, 0) is 25.4 Å². The molecule has 0 spiro atoms. The minimum Gasteiger partial charge on any atom is -0.369 e. The summed E-state index contributed by atoms with van der Waals surface area (Å²) >= 11 is 1.74. The number of anilines is 1. The highest BCUT2D eigenvalue weighted by molar-refractivity contribution is 7.98. The monoisotopic (exact) mass is 261 g/mol. The predicted octanol–water partition coefficient (Wildman–Crippen LogP) is 0.765. The number of pyridine rings is 1. The predicted molar refractivity (Wildman–Crippen MR) is 67.4 cm³/mol. The van der Waals surface area contributed by atoms with E-state index in [1.807, 2.05) is 6.26 Å². The smallest absolute Gasteiger partial charge is 0.241 e. The number of nitrogens with zero attached hydrogens (tertiary/aromatic N) is 1. The molecule has 0 amide bonds. The van der Waals surface area contributed by atoms with Crippen molar-refractivity contribution in [2.24, 2.45) is 0 Å². The molecule has 0 radical (unpaired) electrons. The van der Waals surface area contributed by atoms with E-state index in [0.29, 0.717) is 5.82 Å². The van der Waals surface area contributed by atoms with Crippen molar-refractivity contribution in [2.75, 3.05) is 30.9 Å². The van der Waals surface area contributed by atoms with Gasteiger partial charge in [0.05, 0.1) is 0 Å². The molecule has 5 nitrogen and oxygen atoms in total. The van der Waals surface area contributed by atoms with Crippen molar-refractivity contribution in [3.63, 3.8) is 0 Å². The molecule has 0 unspecified atom stereocenters. The molecule has 2 N–H and O–H groups in total. The van der Waals surface area contributed by atoms with Gasteiger partial charge >= 0.3 is 0 Å². The van der Waals surface area contributed by atoms with Crippen molar-refractivity contribution in [1.82, 2.24) is 9.71 Å². The van der Waals surface area contributed by atoms with Crippen molar-refractivity contribution in [3.05, 3.63) is 18.3 Å². The van der Waals surface area contributed by atoms with E-state index in [1.165, 1.54) is 19.3 Å². The molecule has 1 aromatic heterocycles. The number of sulfonamides is 1. The Balaban J connectivity index is 2.68. The standard InChI is InChI=1S/C9H15N3O2S2/c1-10-16(13,14)8-3-4-9(12-7-8)11-5-6-15-2/h3-4,7,10H,5-6H2,1-2H3,(H,11,12). The van der Waals surface area contributed by atoms with E-state index in [9.17, 15) is 8.42 Å². The molecule has 0 saturated carbocycles. The van der Waals surface area contributed by atoms with E-state index in [-0.39, 0.29) is 4.90 Å². The van der Waals surface area contributed by atoms with Gasteiger partial charge in [-0.15, -0.1) is 0 Å². The van der Waals surface area contributed by atoms with Crippen molar-refractivity contribution in [3.8, 4) is 0 Å². The minimum absolute atomic E-state index is 0.172. The van der Waals surface area contributed by atoms with Gasteiger partial charge in [0.1, 0.15) is 10.7 Å². The van der Waals surface area contributed by atoms with Crippen LogP contribution in [0.2, 0.25) is 0 Å². The summed E-state index contributed by atoms with van der Waals surface area (Å²) in [7, 11) is -2.01. The molecule has 1 heterocycles. The van der Waals surface area contributed by atoms with Crippen molar-refractivity contribution in [2.45, 2.75) is 4.90 Å². The molecular formula is C9H15N3O2S2. The minimum atomic E-state index is -3.38. The van der Waals surface area contributed by atoms with E-state index in [4.69, 9.17) is 0 Å². The zero-order chi connectivity index (χ0) is 12.0. The third-order valence-corrected chi connectivity index (χ3v) is 3.94. The summed E-state index contributed by atoms with van der Waals surface area (Å²) in [5.41, 5.74) is 0. The van der Waals surface area contributed by atoms with Crippen LogP contribution in [0, 0.1) is 0 Å². The molecule has 0 aliphatic heterocycles. The summed E-state index contributed by atoms with van der Waals surface area (Å²) in [6.45, 7) is 0.812. The molecular weight excluding hydrogens is 246 g/mol. The number of hydrogen-bond acceptors (Lipinski definition) is 5.